The highest BCUT2D eigenvalue weighted by Gasteiger charge is 2.32. The molecule has 0 atom stereocenters. The maximum atomic E-state index is 13.0. The number of hydrogen-bond acceptors (Lipinski definition) is 4. The Morgan fingerprint density at radius 1 is 0.806 bits per heavy atom. The van der Waals surface area contributed by atoms with Gasteiger partial charge >= 0.3 is 18.1 Å². The molecule has 0 spiro atoms. The van der Waals surface area contributed by atoms with Gasteiger partial charge in [-0.05, 0) is 63.6 Å². The first kappa shape index (κ1) is 30.7. The summed E-state index contributed by atoms with van der Waals surface area (Å²) >= 11 is 0. The van der Waals surface area contributed by atoms with Gasteiger partial charge in [0.15, 0.2) is 0 Å². The van der Waals surface area contributed by atoms with Gasteiger partial charge in [0, 0.05) is 6.42 Å². The van der Waals surface area contributed by atoms with Crippen LogP contribution in [0.5, 0.6) is 5.75 Å². The van der Waals surface area contributed by atoms with E-state index in [1.807, 2.05) is 18.2 Å². The van der Waals surface area contributed by atoms with Crippen molar-refractivity contribution in [2.75, 3.05) is 6.61 Å². The maximum Gasteiger partial charge on any atom is 0.416 e. The zero-order valence-electron chi connectivity index (χ0n) is 20.9. The average Bonchev–Trinajstić information content (AvgIpc) is 2.83. The highest BCUT2D eigenvalue weighted by Crippen LogP contribution is 2.33. The molecule has 0 unspecified atom stereocenters. The molecule has 0 fully saturated rings. The predicted molar refractivity (Wildman–Crippen MR) is 137 cm³/mol. The summed E-state index contributed by atoms with van der Waals surface area (Å²) in [4.78, 5) is 24.1. The molecule has 0 aromatic heterocycles. The number of benzene rings is 1. The van der Waals surface area contributed by atoms with Gasteiger partial charge in [-0.25, -0.2) is 4.79 Å². The number of allylic oxidation sites excluding steroid dienone is 10. The molecule has 0 aliphatic rings. The quantitative estimate of drug-likeness (QED) is 0.137. The van der Waals surface area contributed by atoms with E-state index in [0.717, 1.165) is 37.8 Å². The minimum atomic E-state index is -4.64. The van der Waals surface area contributed by atoms with Crippen LogP contribution in [0.4, 0.5) is 13.2 Å². The molecule has 1 aromatic carbocycles. The molecule has 1 rings (SSSR count). The van der Waals surface area contributed by atoms with E-state index in [4.69, 9.17) is 9.47 Å². The number of halogens is 3. The Hall–Kier alpha value is -3.35. The summed E-state index contributed by atoms with van der Waals surface area (Å²) in [5.74, 6) is -2.05. The molecule has 7 heteroatoms. The molecule has 4 nitrogen and oxygen atoms in total. The molecular weight excluding hydrogens is 469 g/mol. The topological polar surface area (TPSA) is 52.6 Å². The van der Waals surface area contributed by atoms with Gasteiger partial charge in [-0.1, -0.05) is 67.7 Å². The minimum Gasteiger partial charge on any atom is -0.462 e. The first-order valence-electron chi connectivity index (χ1n) is 12.1. The summed E-state index contributed by atoms with van der Waals surface area (Å²) < 4.78 is 49.0. The monoisotopic (exact) mass is 504 g/mol. The molecule has 0 N–H and O–H groups in total. The largest absolute Gasteiger partial charge is 0.462 e. The summed E-state index contributed by atoms with van der Waals surface area (Å²) in [6.45, 7) is 3.72. The van der Waals surface area contributed by atoms with Crippen molar-refractivity contribution in [2.45, 2.75) is 65.0 Å². The summed E-state index contributed by atoms with van der Waals surface area (Å²) in [6, 6.07) is 2.34. The fraction of sp³-hybridized carbons (Fsp3) is 0.379. The number of carbonyl (C=O) groups is 2. The molecule has 0 saturated carbocycles. The number of carbonyl (C=O) groups excluding carboxylic acids is 2. The predicted octanol–water partition coefficient (Wildman–Crippen LogP) is 8.32. The lowest BCUT2D eigenvalue weighted by Gasteiger charge is -2.13. The standard InChI is InChI=1S/C29H35F3O4/c1-3-5-6-7-8-9-10-11-12-13-14-15-16-17-18-19-20-27(33)36-26-23-24(29(30,31)32)21-22-25(26)28(34)35-4-2/h5-6,8-9,11-12,14-15,17-18,21-23H,3-4,7,10,13,16,19-20H2,1-2H3. The van der Waals surface area contributed by atoms with Crippen molar-refractivity contribution in [3.8, 4) is 5.75 Å². The normalized spacial score (nSPS) is 12.6. The van der Waals surface area contributed by atoms with Crippen LogP contribution in [0, 0.1) is 0 Å². The lowest BCUT2D eigenvalue weighted by atomic mass is 10.1. The zero-order valence-corrected chi connectivity index (χ0v) is 20.9. The third-order valence-electron chi connectivity index (χ3n) is 4.70. The van der Waals surface area contributed by atoms with Gasteiger partial charge < -0.3 is 9.47 Å². The lowest BCUT2D eigenvalue weighted by molar-refractivity contribution is -0.139. The Bertz CT molecular complexity index is 954. The summed E-state index contributed by atoms with van der Waals surface area (Å²) in [5, 5.41) is 0. The SMILES string of the molecule is CCC=CCC=CCC=CCC=CCC=CCCC(=O)Oc1cc(C(F)(F)F)ccc1C(=O)OCC. The van der Waals surface area contributed by atoms with E-state index in [-0.39, 0.29) is 18.6 Å². The Morgan fingerprint density at radius 3 is 1.83 bits per heavy atom. The minimum absolute atomic E-state index is 0.0385. The summed E-state index contributed by atoms with van der Waals surface area (Å²) in [5.41, 5.74) is -1.25. The van der Waals surface area contributed by atoms with E-state index in [1.54, 1.807) is 13.0 Å². The fourth-order valence-corrected chi connectivity index (χ4v) is 2.90. The van der Waals surface area contributed by atoms with E-state index >= 15 is 0 Å². The number of alkyl halides is 3. The highest BCUT2D eigenvalue weighted by atomic mass is 19.4. The first-order valence-corrected chi connectivity index (χ1v) is 12.1. The van der Waals surface area contributed by atoms with Gasteiger partial charge in [0.25, 0.3) is 0 Å². The van der Waals surface area contributed by atoms with Crippen LogP contribution in [0.25, 0.3) is 0 Å². The second kappa shape index (κ2) is 18.0. The van der Waals surface area contributed by atoms with Gasteiger partial charge in [0.2, 0.25) is 0 Å². The van der Waals surface area contributed by atoms with E-state index in [9.17, 15) is 22.8 Å². The molecule has 0 bridgehead atoms. The van der Waals surface area contributed by atoms with Crippen LogP contribution in [0.1, 0.15) is 74.7 Å². The molecule has 0 heterocycles. The molecule has 0 radical (unpaired) electrons. The first-order chi connectivity index (χ1) is 17.3. The van der Waals surface area contributed by atoms with Crippen LogP contribution in [0.15, 0.2) is 79.0 Å². The zero-order chi connectivity index (χ0) is 26.7. The molecule has 196 valence electrons. The third kappa shape index (κ3) is 13.5. The van der Waals surface area contributed by atoms with Crippen molar-refractivity contribution in [1.29, 1.82) is 0 Å². The molecule has 0 amide bonds. The Balaban J connectivity index is 2.42. The summed E-state index contributed by atoms with van der Waals surface area (Å²) in [6.07, 6.45) is 20.7. The van der Waals surface area contributed by atoms with Crippen molar-refractivity contribution in [1.82, 2.24) is 0 Å². The van der Waals surface area contributed by atoms with E-state index < -0.39 is 29.4 Å². The molecule has 1 aromatic rings. The van der Waals surface area contributed by atoms with Gasteiger partial charge in [-0.2, -0.15) is 13.2 Å². The summed E-state index contributed by atoms with van der Waals surface area (Å²) in [7, 11) is 0. The van der Waals surface area contributed by atoms with Crippen molar-refractivity contribution >= 4 is 11.9 Å². The lowest BCUT2D eigenvalue weighted by Crippen LogP contribution is -2.14. The Morgan fingerprint density at radius 2 is 1.33 bits per heavy atom. The van der Waals surface area contributed by atoms with E-state index in [0.29, 0.717) is 18.9 Å². The molecular formula is C29H35F3O4. The van der Waals surface area contributed by atoms with Gasteiger partial charge in [-0.15, -0.1) is 0 Å². The van der Waals surface area contributed by atoms with Gasteiger partial charge in [0.05, 0.1) is 12.2 Å². The number of esters is 2. The number of ether oxygens (including phenoxy) is 2. The number of rotatable bonds is 15. The Kier molecular flexibility index (Phi) is 15.3. The third-order valence-corrected chi connectivity index (χ3v) is 4.70. The van der Waals surface area contributed by atoms with Crippen molar-refractivity contribution in [3.63, 3.8) is 0 Å². The molecule has 36 heavy (non-hydrogen) atoms. The van der Waals surface area contributed by atoms with Crippen LogP contribution in [-0.2, 0) is 15.7 Å². The van der Waals surface area contributed by atoms with Crippen LogP contribution < -0.4 is 4.74 Å². The van der Waals surface area contributed by atoms with Crippen LogP contribution >= 0.6 is 0 Å². The molecule has 0 aliphatic heterocycles. The number of hydrogen-bond donors (Lipinski definition) is 0. The van der Waals surface area contributed by atoms with Crippen LogP contribution in [0.2, 0.25) is 0 Å². The molecule has 0 aliphatic carbocycles. The smallest absolute Gasteiger partial charge is 0.416 e. The van der Waals surface area contributed by atoms with Gasteiger partial charge in [0.1, 0.15) is 11.3 Å². The van der Waals surface area contributed by atoms with Crippen LogP contribution in [-0.4, -0.2) is 18.5 Å². The van der Waals surface area contributed by atoms with Crippen LogP contribution in [0.3, 0.4) is 0 Å². The van der Waals surface area contributed by atoms with Crippen molar-refractivity contribution in [2.24, 2.45) is 0 Å². The molecule has 0 saturated heterocycles. The Labute approximate surface area is 211 Å². The highest BCUT2D eigenvalue weighted by molar-refractivity contribution is 5.93. The van der Waals surface area contributed by atoms with Crippen molar-refractivity contribution < 1.29 is 32.2 Å². The van der Waals surface area contributed by atoms with E-state index in [1.165, 1.54) is 0 Å². The average molecular weight is 505 g/mol. The maximum absolute atomic E-state index is 13.0. The van der Waals surface area contributed by atoms with Gasteiger partial charge in [-0.3, -0.25) is 4.79 Å². The fourth-order valence-electron chi connectivity index (χ4n) is 2.90. The second-order valence-corrected chi connectivity index (χ2v) is 7.65. The van der Waals surface area contributed by atoms with E-state index in [2.05, 4.69) is 43.4 Å². The second-order valence-electron chi connectivity index (χ2n) is 7.65. The van der Waals surface area contributed by atoms with Crippen molar-refractivity contribution in [3.05, 3.63) is 90.1 Å².